The van der Waals surface area contributed by atoms with Gasteiger partial charge in [-0.15, -0.1) is 0 Å². The van der Waals surface area contributed by atoms with Crippen LogP contribution in [-0.4, -0.2) is 37.0 Å². The molecule has 0 saturated carbocycles. The van der Waals surface area contributed by atoms with Crippen LogP contribution in [-0.2, 0) is 10.0 Å². The normalized spacial score (nSPS) is 20.1. The molecule has 1 fully saturated rings. The van der Waals surface area contributed by atoms with Gasteiger partial charge in [0, 0.05) is 18.5 Å². The second-order valence-corrected chi connectivity index (χ2v) is 5.65. The van der Waals surface area contributed by atoms with Gasteiger partial charge in [-0.25, -0.2) is 8.42 Å². The molecule has 1 N–H and O–H groups in total. The van der Waals surface area contributed by atoms with Gasteiger partial charge in [-0.3, -0.25) is 0 Å². The second kappa shape index (κ2) is 3.06. The summed E-state index contributed by atoms with van der Waals surface area (Å²) in [6.45, 7) is 0.441. The lowest BCUT2D eigenvalue weighted by Gasteiger charge is -2.34. The van der Waals surface area contributed by atoms with Crippen LogP contribution in [0.4, 0.5) is 0 Å². The first-order valence-electron chi connectivity index (χ1n) is 3.81. The summed E-state index contributed by atoms with van der Waals surface area (Å²) in [5, 5.41) is 12.3. The maximum atomic E-state index is 11.6. The predicted octanol–water partition coefficient (Wildman–Crippen LogP) is 0.113. The van der Waals surface area contributed by atoms with Crippen molar-refractivity contribution >= 4 is 21.4 Å². The van der Waals surface area contributed by atoms with Crippen molar-refractivity contribution in [3.63, 3.8) is 0 Å². The van der Waals surface area contributed by atoms with Gasteiger partial charge in [0.1, 0.15) is 0 Å². The Hall–Kier alpha value is -0.430. The molecule has 0 unspecified atom stereocenters. The Morgan fingerprint density at radius 2 is 2.23 bits per heavy atom. The molecule has 0 radical (unpaired) electrons. The van der Waals surface area contributed by atoms with Crippen LogP contribution >= 0.6 is 11.3 Å². The average molecular weight is 219 g/mol. The third kappa shape index (κ3) is 1.50. The molecule has 0 amide bonds. The number of hydrogen-bond donors (Lipinski definition) is 1. The molecule has 0 aliphatic carbocycles. The van der Waals surface area contributed by atoms with Crippen molar-refractivity contribution in [1.29, 1.82) is 0 Å². The SMILES string of the molecule is O=S(=O)(c1ccsc1)N1CC(O)C1. The predicted molar refractivity (Wildman–Crippen MR) is 49.1 cm³/mol. The van der Waals surface area contributed by atoms with E-state index in [2.05, 4.69) is 0 Å². The van der Waals surface area contributed by atoms with Crippen LogP contribution in [0.5, 0.6) is 0 Å². The largest absolute Gasteiger partial charge is 0.390 e. The van der Waals surface area contributed by atoms with Gasteiger partial charge in [0.15, 0.2) is 0 Å². The van der Waals surface area contributed by atoms with Crippen molar-refractivity contribution in [2.75, 3.05) is 13.1 Å². The van der Waals surface area contributed by atoms with E-state index in [0.717, 1.165) is 0 Å². The van der Waals surface area contributed by atoms with Gasteiger partial charge >= 0.3 is 0 Å². The lowest BCUT2D eigenvalue weighted by molar-refractivity contribution is 0.0548. The van der Waals surface area contributed by atoms with Crippen LogP contribution in [0.3, 0.4) is 0 Å². The van der Waals surface area contributed by atoms with Crippen molar-refractivity contribution in [2.24, 2.45) is 0 Å². The number of thiophene rings is 1. The second-order valence-electron chi connectivity index (χ2n) is 2.93. The van der Waals surface area contributed by atoms with E-state index in [-0.39, 0.29) is 13.1 Å². The van der Waals surface area contributed by atoms with Crippen molar-refractivity contribution in [3.8, 4) is 0 Å². The Morgan fingerprint density at radius 1 is 1.54 bits per heavy atom. The maximum absolute atomic E-state index is 11.6. The van der Waals surface area contributed by atoms with Crippen LogP contribution in [0, 0.1) is 0 Å². The number of aliphatic hydroxyl groups excluding tert-OH is 1. The highest BCUT2D eigenvalue weighted by Gasteiger charge is 2.35. The van der Waals surface area contributed by atoms with Gasteiger partial charge in [0.2, 0.25) is 10.0 Å². The summed E-state index contributed by atoms with van der Waals surface area (Å²) in [6, 6.07) is 1.57. The molecular weight excluding hydrogens is 210 g/mol. The fourth-order valence-electron chi connectivity index (χ4n) is 1.16. The fourth-order valence-corrected chi connectivity index (χ4v) is 3.69. The van der Waals surface area contributed by atoms with Crippen LogP contribution in [0.1, 0.15) is 0 Å². The fraction of sp³-hybridized carbons (Fsp3) is 0.429. The zero-order valence-corrected chi connectivity index (χ0v) is 8.38. The van der Waals surface area contributed by atoms with E-state index < -0.39 is 16.1 Å². The smallest absolute Gasteiger partial charge is 0.244 e. The number of sulfonamides is 1. The summed E-state index contributed by atoms with van der Waals surface area (Å²) in [6.07, 6.45) is -0.492. The van der Waals surface area contributed by atoms with E-state index in [4.69, 9.17) is 5.11 Å². The first-order chi connectivity index (χ1) is 6.10. The Morgan fingerprint density at radius 3 is 2.69 bits per heavy atom. The highest BCUT2D eigenvalue weighted by Crippen LogP contribution is 2.22. The Labute approximate surface area is 80.5 Å². The summed E-state index contributed by atoms with van der Waals surface area (Å²) in [5.41, 5.74) is 0. The molecule has 6 heteroatoms. The van der Waals surface area contributed by atoms with E-state index >= 15 is 0 Å². The van der Waals surface area contributed by atoms with Gasteiger partial charge in [-0.1, -0.05) is 0 Å². The molecule has 1 aliphatic rings. The molecule has 4 nitrogen and oxygen atoms in total. The molecule has 13 heavy (non-hydrogen) atoms. The molecule has 72 valence electrons. The standard InChI is InChI=1S/C7H9NO3S2/c9-6-3-8(4-6)13(10,11)7-1-2-12-5-7/h1-2,5-6,9H,3-4H2. The molecular formula is C7H9NO3S2. The molecule has 0 spiro atoms. The van der Waals surface area contributed by atoms with E-state index in [1.165, 1.54) is 15.6 Å². The highest BCUT2D eigenvalue weighted by atomic mass is 32.2. The summed E-state index contributed by atoms with van der Waals surface area (Å²) in [7, 11) is -3.31. The first-order valence-corrected chi connectivity index (χ1v) is 6.19. The average Bonchev–Trinajstić information content (AvgIpc) is 2.50. The molecule has 2 heterocycles. The van der Waals surface area contributed by atoms with E-state index in [9.17, 15) is 8.42 Å². The van der Waals surface area contributed by atoms with E-state index in [1.807, 2.05) is 0 Å². The minimum atomic E-state index is -3.31. The summed E-state index contributed by atoms with van der Waals surface area (Å²) in [5.74, 6) is 0. The summed E-state index contributed by atoms with van der Waals surface area (Å²) >= 11 is 1.35. The Kier molecular flexibility index (Phi) is 2.15. The molecule has 0 bridgehead atoms. The third-order valence-corrected chi connectivity index (χ3v) is 4.62. The van der Waals surface area contributed by atoms with Crippen molar-refractivity contribution in [2.45, 2.75) is 11.0 Å². The van der Waals surface area contributed by atoms with Gasteiger partial charge in [0.25, 0.3) is 0 Å². The maximum Gasteiger partial charge on any atom is 0.244 e. The lowest BCUT2D eigenvalue weighted by Crippen LogP contribution is -2.53. The van der Waals surface area contributed by atoms with Gasteiger partial charge in [-0.2, -0.15) is 15.6 Å². The molecule has 2 rings (SSSR count). The quantitative estimate of drug-likeness (QED) is 0.768. The van der Waals surface area contributed by atoms with E-state index in [1.54, 1.807) is 16.8 Å². The van der Waals surface area contributed by atoms with Gasteiger partial charge in [-0.05, 0) is 11.4 Å². The van der Waals surface area contributed by atoms with Crippen LogP contribution < -0.4 is 0 Å². The minimum absolute atomic E-state index is 0.220. The zero-order valence-electron chi connectivity index (χ0n) is 6.75. The van der Waals surface area contributed by atoms with Crippen LogP contribution in [0.15, 0.2) is 21.7 Å². The summed E-state index contributed by atoms with van der Waals surface area (Å²) < 4.78 is 24.6. The number of β-amino-alcohol motifs (C(OH)–C–C–N with tert-alkyl or cyclic N) is 1. The number of rotatable bonds is 2. The van der Waals surface area contributed by atoms with Crippen LogP contribution in [0.2, 0.25) is 0 Å². The Bertz CT molecular complexity index is 378. The third-order valence-electron chi connectivity index (χ3n) is 1.96. The van der Waals surface area contributed by atoms with Gasteiger partial charge in [0.05, 0.1) is 11.0 Å². The number of nitrogens with zero attached hydrogens (tertiary/aromatic N) is 1. The first kappa shape index (κ1) is 9.14. The topological polar surface area (TPSA) is 57.6 Å². The Balaban J connectivity index is 2.23. The molecule has 1 aliphatic heterocycles. The zero-order chi connectivity index (χ0) is 9.47. The number of hydrogen-bond acceptors (Lipinski definition) is 4. The van der Waals surface area contributed by atoms with Crippen LogP contribution in [0.25, 0.3) is 0 Å². The molecule has 1 aromatic heterocycles. The number of aliphatic hydroxyl groups is 1. The van der Waals surface area contributed by atoms with Crippen molar-refractivity contribution < 1.29 is 13.5 Å². The minimum Gasteiger partial charge on any atom is -0.390 e. The van der Waals surface area contributed by atoms with Gasteiger partial charge < -0.3 is 5.11 Å². The monoisotopic (exact) mass is 219 g/mol. The molecule has 1 aromatic rings. The lowest BCUT2D eigenvalue weighted by atomic mass is 10.2. The summed E-state index contributed by atoms with van der Waals surface area (Å²) in [4.78, 5) is 0.324. The molecule has 0 aromatic carbocycles. The molecule has 1 saturated heterocycles. The van der Waals surface area contributed by atoms with E-state index in [0.29, 0.717) is 4.90 Å². The molecule has 0 atom stereocenters. The van der Waals surface area contributed by atoms with Crippen molar-refractivity contribution in [1.82, 2.24) is 4.31 Å². The highest BCUT2D eigenvalue weighted by molar-refractivity contribution is 7.89. The van der Waals surface area contributed by atoms with Crippen molar-refractivity contribution in [3.05, 3.63) is 16.8 Å².